The van der Waals surface area contributed by atoms with E-state index < -0.39 is 0 Å². The predicted molar refractivity (Wildman–Crippen MR) is 62.4 cm³/mol. The molecule has 1 aromatic rings. The fourth-order valence-electron chi connectivity index (χ4n) is 1.40. The quantitative estimate of drug-likeness (QED) is 0.593. The summed E-state index contributed by atoms with van der Waals surface area (Å²) in [5.74, 6) is -0.0666. The van der Waals surface area contributed by atoms with Crippen molar-refractivity contribution in [3.05, 3.63) is 47.0 Å². The van der Waals surface area contributed by atoms with Crippen LogP contribution in [0.1, 0.15) is 25.0 Å². The molecular formula is C13H15NO. The van der Waals surface area contributed by atoms with Crippen LogP contribution in [-0.4, -0.2) is 11.5 Å². The van der Waals surface area contributed by atoms with Gasteiger partial charge in [0.15, 0.2) is 5.78 Å². The van der Waals surface area contributed by atoms with E-state index in [9.17, 15) is 4.79 Å². The van der Waals surface area contributed by atoms with Crippen LogP contribution in [0.5, 0.6) is 0 Å². The van der Waals surface area contributed by atoms with Gasteiger partial charge in [-0.15, -0.1) is 0 Å². The number of Topliss-reactive ketones (excluding diaryl/α,β-unsaturated/α-hetero) is 1. The summed E-state index contributed by atoms with van der Waals surface area (Å²) in [5.41, 5.74) is 2.70. The van der Waals surface area contributed by atoms with Crippen LogP contribution in [0.25, 0.3) is 0 Å². The van der Waals surface area contributed by atoms with Gasteiger partial charge in [0.05, 0.1) is 5.71 Å². The van der Waals surface area contributed by atoms with Crippen molar-refractivity contribution in [1.29, 1.82) is 5.41 Å². The molecule has 0 aliphatic carbocycles. The summed E-state index contributed by atoms with van der Waals surface area (Å²) in [4.78, 5) is 11.2. The normalized spacial score (nSPS) is 11.3. The molecule has 1 aromatic carbocycles. The third-order valence-corrected chi connectivity index (χ3v) is 2.28. The fourth-order valence-corrected chi connectivity index (χ4v) is 1.40. The SMILES string of the molecule is C/C=C(\C(=N)c1ccc(C)cc1)C(C)=O. The maximum atomic E-state index is 11.2. The molecule has 0 aliphatic heterocycles. The molecule has 0 spiro atoms. The maximum Gasteiger partial charge on any atom is 0.161 e. The Morgan fingerprint density at radius 1 is 1.27 bits per heavy atom. The van der Waals surface area contributed by atoms with E-state index in [1.165, 1.54) is 6.92 Å². The molecule has 1 rings (SSSR count). The number of rotatable bonds is 3. The molecule has 0 aliphatic rings. The largest absolute Gasteiger partial charge is 0.300 e. The summed E-state index contributed by atoms with van der Waals surface area (Å²) in [7, 11) is 0. The number of hydrogen-bond acceptors (Lipinski definition) is 2. The fraction of sp³-hybridized carbons (Fsp3) is 0.231. The van der Waals surface area contributed by atoms with E-state index in [2.05, 4.69) is 0 Å². The average Bonchev–Trinajstić information content (AvgIpc) is 2.19. The van der Waals surface area contributed by atoms with E-state index in [1.54, 1.807) is 13.0 Å². The lowest BCUT2D eigenvalue weighted by Crippen LogP contribution is -2.10. The van der Waals surface area contributed by atoms with E-state index in [0.717, 1.165) is 11.1 Å². The van der Waals surface area contributed by atoms with Gasteiger partial charge in [-0.1, -0.05) is 35.9 Å². The molecule has 1 N–H and O–H groups in total. The van der Waals surface area contributed by atoms with Crippen molar-refractivity contribution in [2.24, 2.45) is 0 Å². The van der Waals surface area contributed by atoms with Gasteiger partial charge >= 0.3 is 0 Å². The molecule has 15 heavy (non-hydrogen) atoms. The third kappa shape index (κ3) is 2.62. The van der Waals surface area contributed by atoms with E-state index in [-0.39, 0.29) is 5.78 Å². The molecule has 0 amide bonds. The Bertz CT molecular complexity index is 413. The van der Waals surface area contributed by atoms with Crippen molar-refractivity contribution in [3.8, 4) is 0 Å². The Balaban J connectivity index is 3.04. The molecule has 0 heterocycles. The van der Waals surface area contributed by atoms with Crippen LogP contribution in [0.15, 0.2) is 35.9 Å². The Kier molecular flexibility index (Phi) is 3.56. The topological polar surface area (TPSA) is 40.9 Å². The second-order valence-corrected chi connectivity index (χ2v) is 3.50. The monoisotopic (exact) mass is 201 g/mol. The summed E-state index contributed by atoms with van der Waals surface area (Å²) in [6, 6.07) is 7.61. The second-order valence-electron chi connectivity index (χ2n) is 3.50. The average molecular weight is 201 g/mol. The summed E-state index contributed by atoms with van der Waals surface area (Å²) in [6.07, 6.45) is 1.69. The Labute approximate surface area is 90.1 Å². The minimum absolute atomic E-state index is 0.0666. The molecule has 78 valence electrons. The standard InChI is InChI=1S/C13H15NO/c1-4-12(10(3)15)13(14)11-7-5-9(2)6-8-11/h4-8,14H,1-3H3/b12-4-,14-13?. The van der Waals surface area contributed by atoms with E-state index in [1.807, 2.05) is 31.2 Å². The second kappa shape index (κ2) is 4.69. The van der Waals surface area contributed by atoms with Crippen LogP contribution in [0.2, 0.25) is 0 Å². The first-order valence-electron chi connectivity index (χ1n) is 4.89. The lowest BCUT2D eigenvalue weighted by Gasteiger charge is -2.05. The molecule has 0 fully saturated rings. The van der Waals surface area contributed by atoms with Gasteiger partial charge in [-0.3, -0.25) is 10.2 Å². The van der Waals surface area contributed by atoms with Crippen molar-refractivity contribution < 1.29 is 4.79 Å². The molecule has 0 saturated heterocycles. The van der Waals surface area contributed by atoms with Gasteiger partial charge in [0.1, 0.15) is 0 Å². The minimum Gasteiger partial charge on any atom is -0.300 e. The molecule has 0 unspecified atom stereocenters. The molecule has 0 bridgehead atoms. The van der Waals surface area contributed by atoms with Crippen LogP contribution in [-0.2, 0) is 4.79 Å². The van der Waals surface area contributed by atoms with Gasteiger partial charge in [0.2, 0.25) is 0 Å². The van der Waals surface area contributed by atoms with Gasteiger partial charge in [-0.25, -0.2) is 0 Å². The smallest absolute Gasteiger partial charge is 0.161 e. The van der Waals surface area contributed by atoms with E-state index >= 15 is 0 Å². The van der Waals surface area contributed by atoms with Crippen molar-refractivity contribution >= 4 is 11.5 Å². The molecule has 2 heteroatoms. The Morgan fingerprint density at radius 3 is 2.20 bits per heavy atom. The number of carbonyl (C=O) groups excluding carboxylic acids is 1. The Morgan fingerprint density at radius 2 is 1.80 bits per heavy atom. The molecule has 0 atom stereocenters. The Hall–Kier alpha value is -1.70. The zero-order valence-corrected chi connectivity index (χ0v) is 9.29. The predicted octanol–water partition coefficient (Wildman–Crippen LogP) is 2.90. The van der Waals surface area contributed by atoms with Crippen molar-refractivity contribution in [2.75, 3.05) is 0 Å². The van der Waals surface area contributed by atoms with Crippen molar-refractivity contribution in [2.45, 2.75) is 20.8 Å². The van der Waals surface area contributed by atoms with E-state index in [0.29, 0.717) is 11.3 Å². The molecule has 2 nitrogen and oxygen atoms in total. The summed E-state index contributed by atoms with van der Waals surface area (Å²) in [6.45, 7) is 5.26. The van der Waals surface area contributed by atoms with Gasteiger partial charge in [0, 0.05) is 11.1 Å². The highest BCUT2D eigenvalue weighted by Gasteiger charge is 2.10. The maximum absolute atomic E-state index is 11.2. The number of nitrogens with one attached hydrogen (secondary N) is 1. The zero-order chi connectivity index (χ0) is 11.4. The minimum atomic E-state index is -0.0666. The number of ketones is 1. The first-order valence-corrected chi connectivity index (χ1v) is 4.89. The highest BCUT2D eigenvalue weighted by molar-refractivity contribution is 6.26. The van der Waals surface area contributed by atoms with Crippen LogP contribution in [0.3, 0.4) is 0 Å². The number of carbonyl (C=O) groups is 1. The van der Waals surface area contributed by atoms with Crippen LogP contribution >= 0.6 is 0 Å². The van der Waals surface area contributed by atoms with Crippen molar-refractivity contribution in [1.82, 2.24) is 0 Å². The molecule has 0 saturated carbocycles. The highest BCUT2D eigenvalue weighted by Crippen LogP contribution is 2.10. The zero-order valence-electron chi connectivity index (χ0n) is 9.29. The summed E-state index contributed by atoms with van der Waals surface area (Å²) in [5, 5.41) is 7.90. The van der Waals surface area contributed by atoms with Gasteiger partial charge in [-0.2, -0.15) is 0 Å². The van der Waals surface area contributed by atoms with Crippen LogP contribution in [0.4, 0.5) is 0 Å². The van der Waals surface area contributed by atoms with Gasteiger partial charge in [0.25, 0.3) is 0 Å². The van der Waals surface area contributed by atoms with Crippen LogP contribution < -0.4 is 0 Å². The van der Waals surface area contributed by atoms with Crippen LogP contribution in [0, 0.1) is 12.3 Å². The third-order valence-electron chi connectivity index (χ3n) is 2.28. The van der Waals surface area contributed by atoms with Crippen molar-refractivity contribution in [3.63, 3.8) is 0 Å². The number of allylic oxidation sites excluding steroid dienone is 2. The van der Waals surface area contributed by atoms with E-state index in [4.69, 9.17) is 5.41 Å². The lowest BCUT2D eigenvalue weighted by molar-refractivity contribution is -0.113. The first-order chi connectivity index (χ1) is 7.06. The highest BCUT2D eigenvalue weighted by atomic mass is 16.1. The van der Waals surface area contributed by atoms with Gasteiger partial charge in [-0.05, 0) is 20.8 Å². The molecule has 0 aromatic heterocycles. The summed E-state index contributed by atoms with van der Waals surface area (Å²) >= 11 is 0. The number of benzene rings is 1. The molecular weight excluding hydrogens is 186 g/mol. The number of hydrogen-bond donors (Lipinski definition) is 1. The number of aryl methyl sites for hydroxylation is 1. The molecule has 0 radical (unpaired) electrons. The summed E-state index contributed by atoms with van der Waals surface area (Å²) < 4.78 is 0. The lowest BCUT2D eigenvalue weighted by atomic mass is 9.99. The first kappa shape index (κ1) is 11.4. The van der Waals surface area contributed by atoms with Gasteiger partial charge < -0.3 is 0 Å².